The Morgan fingerprint density at radius 1 is 1.32 bits per heavy atom. The highest BCUT2D eigenvalue weighted by Gasteiger charge is 2.39. The Bertz CT molecular complexity index is 1530. The van der Waals surface area contributed by atoms with Crippen LogP contribution in [0.2, 0.25) is 0 Å². The third kappa shape index (κ3) is 6.19. The zero-order valence-electron chi connectivity index (χ0n) is 20.8. The molecule has 0 spiro atoms. The van der Waals surface area contributed by atoms with Crippen LogP contribution in [0.25, 0.3) is 0 Å². The predicted octanol–water partition coefficient (Wildman–Crippen LogP) is 2.99. The molecule has 0 bridgehead atoms. The molecular weight excluding hydrogens is 595 g/mol. The number of thiophene rings is 1. The van der Waals surface area contributed by atoms with Crippen LogP contribution in [0.15, 0.2) is 18.6 Å². The number of aromatic nitrogens is 3. The molecule has 2 aliphatic rings. The van der Waals surface area contributed by atoms with Crippen molar-refractivity contribution in [1.82, 2.24) is 15.0 Å². The molecule has 1 aliphatic carbocycles. The van der Waals surface area contributed by atoms with Crippen LogP contribution < -0.4 is 10.5 Å². The number of ketones is 1. The number of ether oxygens (including phenoxy) is 1. The van der Waals surface area contributed by atoms with E-state index in [0.717, 1.165) is 0 Å². The van der Waals surface area contributed by atoms with Gasteiger partial charge < -0.3 is 15.2 Å². The summed E-state index contributed by atoms with van der Waals surface area (Å²) in [5, 5.41) is 17.4. The lowest BCUT2D eigenvalue weighted by molar-refractivity contribution is -0.137. The van der Waals surface area contributed by atoms with Gasteiger partial charge in [0.2, 0.25) is 5.78 Å². The molecule has 0 saturated heterocycles. The van der Waals surface area contributed by atoms with Crippen molar-refractivity contribution in [3.63, 3.8) is 0 Å². The number of rotatable bonds is 8. The summed E-state index contributed by atoms with van der Waals surface area (Å²) in [5.74, 6) is -0.674. The normalized spacial score (nSPS) is 23.2. The lowest BCUT2D eigenvalue weighted by Gasteiger charge is -2.22. The number of hydrogen-bond acceptors (Lipinski definition) is 12. The summed E-state index contributed by atoms with van der Waals surface area (Å²) in [6.07, 6.45) is -2.70. The number of carbonyl (C=O) groups excluding carboxylic acids is 1. The van der Waals surface area contributed by atoms with Crippen LogP contribution in [-0.4, -0.2) is 59.6 Å². The van der Waals surface area contributed by atoms with Crippen molar-refractivity contribution in [1.29, 1.82) is 0 Å². The highest BCUT2D eigenvalue weighted by atomic mass is 32.2. The lowest BCUT2D eigenvalue weighted by Crippen LogP contribution is -2.24. The highest BCUT2D eigenvalue weighted by molar-refractivity contribution is 7.84. The van der Waals surface area contributed by atoms with E-state index in [-0.39, 0.29) is 42.8 Å². The number of thiazole rings is 1. The predicted molar refractivity (Wildman–Crippen MR) is 138 cm³/mol. The number of nitrogens with two attached hydrogens (primary N) is 1. The third-order valence-electron chi connectivity index (χ3n) is 6.70. The zero-order chi connectivity index (χ0) is 28.8. The Hall–Kier alpha value is -2.54. The first-order chi connectivity index (χ1) is 18.8. The molecule has 1 fully saturated rings. The standard InChI is InChI=1S/C23H24F3N5O6S3/c1-10-13(20-18-16(2-3-36-20)39-22(31-18)23(24,25)26)6-17(38-10)19(33)14-7-28-9-29-21(14)30-12-4-11(15(32)5-12)8-37-40(27,34)35/h6-7,9,11-12,15,20,32H,2-5,8H2,1H3,(H2,27,34,35)(H,28,29,30)/t11-,12-,15+,20+/m1/s1. The Morgan fingerprint density at radius 3 is 2.83 bits per heavy atom. The van der Waals surface area contributed by atoms with Crippen molar-refractivity contribution in [3.8, 4) is 0 Å². The molecule has 3 aromatic heterocycles. The van der Waals surface area contributed by atoms with Crippen molar-refractivity contribution in [2.45, 2.75) is 50.6 Å². The number of aliphatic hydroxyl groups excluding tert-OH is 1. The average Bonchev–Trinajstić information content (AvgIpc) is 3.58. The molecule has 40 heavy (non-hydrogen) atoms. The topological polar surface area (TPSA) is 167 Å². The van der Waals surface area contributed by atoms with Crippen LogP contribution in [-0.2, 0) is 31.8 Å². The Balaban J connectivity index is 1.35. The average molecular weight is 620 g/mol. The largest absolute Gasteiger partial charge is 0.443 e. The molecule has 0 radical (unpaired) electrons. The maximum absolute atomic E-state index is 13.5. The van der Waals surface area contributed by atoms with Gasteiger partial charge in [-0.15, -0.1) is 22.7 Å². The molecule has 0 aromatic carbocycles. The molecule has 4 N–H and O–H groups in total. The van der Waals surface area contributed by atoms with E-state index in [2.05, 4.69) is 24.5 Å². The van der Waals surface area contributed by atoms with Crippen molar-refractivity contribution < 1.29 is 40.4 Å². The number of aryl methyl sites for hydroxylation is 1. The van der Waals surface area contributed by atoms with Crippen LogP contribution in [0.1, 0.15) is 60.2 Å². The SMILES string of the molecule is Cc1sc(C(=O)c2cncnc2N[C@@H]2C[C@H](COS(N)(=O)=O)[C@@H](O)C2)cc1[C@@H]1OCCc2sc(C(F)(F)F)nc21. The van der Waals surface area contributed by atoms with Gasteiger partial charge in [-0.2, -0.15) is 21.6 Å². The molecular formula is C23H24F3N5O6S3. The summed E-state index contributed by atoms with van der Waals surface area (Å²) >= 11 is 1.79. The number of nitrogens with one attached hydrogen (secondary N) is 1. The summed E-state index contributed by atoms with van der Waals surface area (Å²) < 4.78 is 72.5. The molecule has 11 nitrogen and oxygen atoms in total. The summed E-state index contributed by atoms with van der Waals surface area (Å²) in [7, 11) is -4.15. The molecule has 4 heterocycles. The first-order valence-corrected chi connectivity index (χ1v) is 15.2. The van der Waals surface area contributed by atoms with Gasteiger partial charge in [-0.3, -0.25) is 8.98 Å². The number of fused-ring (bicyclic) bond motifs is 1. The summed E-state index contributed by atoms with van der Waals surface area (Å²) in [4.78, 5) is 27.1. The van der Waals surface area contributed by atoms with E-state index in [1.807, 2.05) is 0 Å². The van der Waals surface area contributed by atoms with Gasteiger partial charge >= 0.3 is 16.5 Å². The maximum Gasteiger partial charge on any atom is 0.443 e. The lowest BCUT2D eigenvalue weighted by atomic mass is 10.0. The van der Waals surface area contributed by atoms with Gasteiger partial charge in [-0.25, -0.2) is 20.1 Å². The van der Waals surface area contributed by atoms with Gasteiger partial charge in [0.1, 0.15) is 18.2 Å². The quantitative estimate of drug-likeness (QED) is 0.319. The minimum Gasteiger partial charge on any atom is -0.393 e. The number of carbonyl (C=O) groups is 1. The van der Waals surface area contributed by atoms with Crippen LogP contribution in [0.4, 0.5) is 19.0 Å². The molecule has 5 rings (SSSR count). The van der Waals surface area contributed by atoms with Crippen LogP contribution >= 0.6 is 22.7 Å². The summed E-state index contributed by atoms with van der Waals surface area (Å²) in [6, 6.07) is 1.26. The van der Waals surface area contributed by atoms with E-state index in [1.165, 1.54) is 23.9 Å². The van der Waals surface area contributed by atoms with Gasteiger partial charge in [0.25, 0.3) is 0 Å². The van der Waals surface area contributed by atoms with E-state index in [9.17, 15) is 31.5 Å². The molecule has 17 heteroatoms. The van der Waals surface area contributed by atoms with Crippen LogP contribution in [0.5, 0.6) is 0 Å². The van der Waals surface area contributed by atoms with Crippen molar-refractivity contribution in [2.24, 2.45) is 11.1 Å². The number of aliphatic hydroxyl groups is 1. The Labute approximate surface area is 234 Å². The van der Waals surface area contributed by atoms with E-state index < -0.39 is 45.4 Å². The summed E-state index contributed by atoms with van der Waals surface area (Å²) in [5.41, 5.74) is 0.943. The monoisotopic (exact) mass is 619 g/mol. The molecule has 0 amide bonds. The van der Waals surface area contributed by atoms with Crippen molar-refractivity contribution >= 4 is 44.6 Å². The number of anilines is 1. The third-order valence-corrected chi connectivity index (χ3v) is 9.40. The minimum atomic E-state index is -4.56. The van der Waals surface area contributed by atoms with Crippen LogP contribution in [0, 0.1) is 12.8 Å². The Kier molecular flexibility index (Phi) is 7.99. The summed E-state index contributed by atoms with van der Waals surface area (Å²) in [6.45, 7) is 1.71. The maximum atomic E-state index is 13.5. The van der Waals surface area contributed by atoms with E-state index in [1.54, 1.807) is 13.0 Å². The fourth-order valence-corrected chi connectivity index (χ4v) is 7.14. The van der Waals surface area contributed by atoms with Gasteiger partial charge in [0.15, 0.2) is 5.01 Å². The number of nitrogens with zero attached hydrogens (tertiary/aromatic N) is 3. The molecule has 216 valence electrons. The molecule has 1 saturated carbocycles. The van der Waals surface area contributed by atoms with Crippen molar-refractivity contribution in [2.75, 3.05) is 18.5 Å². The molecule has 1 aliphatic heterocycles. The van der Waals surface area contributed by atoms with Crippen molar-refractivity contribution in [3.05, 3.63) is 55.1 Å². The highest BCUT2D eigenvalue weighted by Crippen LogP contribution is 2.43. The second kappa shape index (κ2) is 11.0. The fourth-order valence-electron chi connectivity index (χ4n) is 4.84. The second-order valence-corrected chi connectivity index (χ2v) is 13.0. The van der Waals surface area contributed by atoms with Crippen LogP contribution in [0.3, 0.4) is 0 Å². The Morgan fingerprint density at radius 2 is 2.10 bits per heavy atom. The smallest absolute Gasteiger partial charge is 0.393 e. The van der Waals surface area contributed by atoms with Gasteiger partial charge in [0.05, 0.1) is 35.5 Å². The van der Waals surface area contributed by atoms with Gasteiger partial charge in [-0.05, 0) is 25.8 Å². The number of hydrogen-bond donors (Lipinski definition) is 3. The molecule has 0 unspecified atom stereocenters. The number of alkyl halides is 3. The number of halogens is 3. The van der Waals surface area contributed by atoms with E-state index in [4.69, 9.17) is 9.88 Å². The molecule has 3 aromatic rings. The molecule has 4 atom stereocenters. The first-order valence-electron chi connectivity index (χ1n) is 12.1. The fraction of sp³-hybridized carbons (Fsp3) is 0.478. The van der Waals surface area contributed by atoms with Gasteiger partial charge in [0, 0.05) is 39.9 Å². The first kappa shape index (κ1) is 29.0. The zero-order valence-corrected chi connectivity index (χ0v) is 23.3. The van der Waals surface area contributed by atoms with Gasteiger partial charge in [-0.1, -0.05) is 0 Å². The second-order valence-electron chi connectivity index (χ2n) is 9.48. The minimum absolute atomic E-state index is 0.160. The van der Waals surface area contributed by atoms with E-state index in [0.29, 0.717) is 44.4 Å². The van der Waals surface area contributed by atoms with E-state index >= 15 is 0 Å².